The maximum atomic E-state index is 13.1. The van der Waals surface area contributed by atoms with E-state index in [4.69, 9.17) is 37.0 Å². The zero-order valence-electron chi connectivity index (χ0n) is 67.2. The van der Waals surface area contributed by atoms with E-state index in [1.807, 2.05) is 0 Å². The Hall–Kier alpha value is -1.94. The van der Waals surface area contributed by atoms with Crippen LogP contribution in [0.25, 0.3) is 0 Å². The summed E-state index contributed by atoms with van der Waals surface area (Å²) in [5, 5.41) is 10.6. The molecule has 0 aliphatic heterocycles. The number of hydrogen-bond donors (Lipinski definition) is 3. The van der Waals surface area contributed by atoms with Crippen LogP contribution in [0.1, 0.15) is 428 Å². The summed E-state index contributed by atoms with van der Waals surface area (Å²) in [5.74, 6) is 1.00. The van der Waals surface area contributed by atoms with E-state index < -0.39 is 97.5 Å². The summed E-state index contributed by atoms with van der Waals surface area (Å²) in [6, 6.07) is 0. The number of hydrogen-bond acceptors (Lipinski definition) is 15. The number of phosphoric ester groups is 2. The van der Waals surface area contributed by atoms with Crippen LogP contribution >= 0.6 is 15.6 Å². The molecule has 0 aromatic rings. The minimum atomic E-state index is -4.96. The lowest BCUT2D eigenvalue weighted by atomic mass is 9.99. The first-order valence-corrected chi connectivity index (χ1v) is 45.7. The SMILES string of the molecule is CCC(C)CCCCCCCCCCCCCCCCCCCCC(=O)O[C@H](COC(=O)CCCCCCCCCCCCCC(C)C)COP(=O)(O)OC[C@@H](O)COP(=O)(O)OC[C@@H](COC(=O)CCCCCCCCC(C)C)OC(=O)CCCCCCCCCCCCCCCCC(C)C. The van der Waals surface area contributed by atoms with E-state index in [-0.39, 0.29) is 25.7 Å². The van der Waals surface area contributed by atoms with Gasteiger partial charge in [0.05, 0.1) is 26.4 Å². The van der Waals surface area contributed by atoms with E-state index in [1.165, 1.54) is 225 Å². The molecule has 0 amide bonds. The van der Waals surface area contributed by atoms with E-state index in [9.17, 15) is 43.2 Å². The molecule has 6 atom stereocenters. The monoisotopic (exact) mass is 1490 g/mol. The number of esters is 4. The average Bonchev–Trinajstić information content (AvgIpc) is 0.912. The predicted octanol–water partition coefficient (Wildman–Crippen LogP) is 24.8. The third-order valence-corrected chi connectivity index (χ3v) is 21.6. The van der Waals surface area contributed by atoms with Crippen LogP contribution in [0.2, 0.25) is 0 Å². The molecule has 0 aromatic heterocycles. The van der Waals surface area contributed by atoms with Gasteiger partial charge < -0.3 is 33.8 Å². The lowest BCUT2D eigenvalue weighted by Gasteiger charge is -2.21. The fraction of sp³-hybridized carbons (Fsp3) is 0.952. The van der Waals surface area contributed by atoms with Crippen LogP contribution in [0.5, 0.6) is 0 Å². The molecule has 0 saturated carbocycles. The normalized spacial score (nSPS) is 14.3. The second-order valence-corrected chi connectivity index (χ2v) is 34.4. The summed E-state index contributed by atoms with van der Waals surface area (Å²) in [4.78, 5) is 73.0. The van der Waals surface area contributed by atoms with E-state index >= 15 is 0 Å². The maximum absolute atomic E-state index is 13.1. The van der Waals surface area contributed by atoms with Crippen LogP contribution in [-0.4, -0.2) is 96.7 Å². The molecule has 0 rings (SSSR count). The van der Waals surface area contributed by atoms with Gasteiger partial charge in [0.1, 0.15) is 19.3 Å². The molecule has 3 N–H and O–H groups in total. The van der Waals surface area contributed by atoms with Crippen molar-refractivity contribution in [1.82, 2.24) is 0 Å². The zero-order valence-corrected chi connectivity index (χ0v) is 69.0. The van der Waals surface area contributed by atoms with Gasteiger partial charge in [0, 0.05) is 25.7 Å². The van der Waals surface area contributed by atoms with Crippen LogP contribution in [0.3, 0.4) is 0 Å². The fourth-order valence-electron chi connectivity index (χ4n) is 12.8. The minimum absolute atomic E-state index is 0.106. The van der Waals surface area contributed by atoms with Gasteiger partial charge in [-0.15, -0.1) is 0 Å². The molecule has 102 heavy (non-hydrogen) atoms. The Bertz CT molecular complexity index is 1990. The van der Waals surface area contributed by atoms with Crippen LogP contribution in [0.4, 0.5) is 0 Å². The number of rotatable bonds is 80. The highest BCUT2D eigenvalue weighted by Gasteiger charge is 2.30. The van der Waals surface area contributed by atoms with E-state index in [2.05, 4.69) is 55.4 Å². The van der Waals surface area contributed by atoms with Crippen molar-refractivity contribution < 1.29 is 80.2 Å². The van der Waals surface area contributed by atoms with Crippen LogP contribution in [0, 0.1) is 23.7 Å². The van der Waals surface area contributed by atoms with Gasteiger partial charge >= 0.3 is 39.5 Å². The first-order chi connectivity index (χ1) is 49.1. The van der Waals surface area contributed by atoms with Crippen LogP contribution in [-0.2, 0) is 65.4 Å². The van der Waals surface area contributed by atoms with Crippen molar-refractivity contribution in [3.05, 3.63) is 0 Å². The molecule has 0 fully saturated rings. The third-order valence-electron chi connectivity index (χ3n) is 19.7. The van der Waals surface area contributed by atoms with Gasteiger partial charge in [-0.2, -0.15) is 0 Å². The summed E-state index contributed by atoms with van der Waals surface area (Å²) in [6.45, 7) is 14.3. The highest BCUT2D eigenvalue weighted by atomic mass is 31.2. The molecule has 606 valence electrons. The van der Waals surface area contributed by atoms with E-state index in [0.29, 0.717) is 31.6 Å². The van der Waals surface area contributed by atoms with Gasteiger partial charge in [0.2, 0.25) is 0 Å². The molecule has 0 radical (unpaired) electrons. The Kier molecular flexibility index (Phi) is 70.6. The topological polar surface area (TPSA) is 237 Å². The molecule has 0 bridgehead atoms. The molecule has 0 aromatic carbocycles. The molecule has 0 aliphatic carbocycles. The minimum Gasteiger partial charge on any atom is -0.462 e. The fourth-order valence-corrected chi connectivity index (χ4v) is 14.3. The Morgan fingerprint density at radius 3 is 0.696 bits per heavy atom. The number of aliphatic hydroxyl groups is 1. The van der Waals surface area contributed by atoms with E-state index in [0.717, 1.165) is 114 Å². The van der Waals surface area contributed by atoms with Crippen molar-refractivity contribution in [3.63, 3.8) is 0 Å². The third kappa shape index (κ3) is 74.9. The Labute approximate surface area is 626 Å². The van der Waals surface area contributed by atoms with Gasteiger partial charge in [-0.25, -0.2) is 9.13 Å². The number of carbonyl (C=O) groups excluding carboxylic acids is 4. The predicted molar refractivity (Wildman–Crippen MR) is 418 cm³/mol. The standard InChI is InChI=1S/C83H162O17P2/c1-9-76(8)62-54-46-37-31-25-19-14-12-10-11-13-15-20-26-33-39-49-57-65-82(87)99-78(69-93-80(85)63-55-47-38-32-28-22-24-30-36-44-52-60-74(4)5)71-97-101(89,90)95-67-77(84)68-96-102(91,92)98-72-79(70-94-81(86)64-56-48-42-41-45-53-61-75(6)7)100-83(88)66-58-50-40-34-27-21-17-16-18-23-29-35-43-51-59-73(2)3/h73-79,84H,9-72H2,1-8H3,(H,89,90)(H,91,92)/t76?,77-,78-,79-/m1/s1. The van der Waals surface area contributed by atoms with Gasteiger partial charge in [0.15, 0.2) is 12.2 Å². The maximum Gasteiger partial charge on any atom is 0.472 e. The summed E-state index contributed by atoms with van der Waals surface area (Å²) < 4.78 is 68.7. The van der Waals surface area contributed by atoms with Crippen molar-refractivity contribution in [2.45, 2.75) is 446 Å². The summed E-state index contributed by atoms with van der Waals surface area (Å²) in [6.07, 6.45) is 59.8. The molecule has 0 aliphatic rings. The number of carbonyl (C=O) groups is 4. The van der Waals surface area contributed by atoms with Crippen LogP contribution in [0.15, 0.2) is 0 Å². The van der Waals surface area contributed by atoms with Gasteiger partial charge in [-0.1, -0.05) is 376 Å². The average molecular weight is 1490 g/mol. The lowest BCUT2D eigenvalue weighted by Crippen LogP contribution is -2.30. The molecule has 3 unspecified atom stereocenters. The van der Waals surface area contributed by atoms with Crippen molar-refractivity contribution >= 4 is 39.5 Å². The van der Waals surface area contributed by atoms with Crippen molar-refractivity contribution in [3.8, 4) is 0 Å². The number of ether oxygens (including phenoxy) is 4. The molecule has 19 heteroatoms. The summed E-state index contributed by atoms with van der Waals surface area (Å²) >= 11 is 0. The molecular weight excluding hydrogens is 1330 g/mol. The lowest BCUT2D eigenvalue weighted by molar-refractivity contribution is -0.161. The Morgan fingerprint density at radius 1 is 0.275 bits per heavy atom. The summed E-state index contributed by atoms with van der Waals surface area (Å²) in [5.41, 5.74) is 0. The van der Waals surface area contributed by atoms with Crippen molar-refractivity contribution in [2.75, 3.05) is 39.6 Å². The first-order valence-electron chi connectivity index (χ1n) is 42.7. The molecule has 17 nitrogen and oxygen atoms in total. The Morgan fingerprint density at radius 2 is 0.471 bits per heavy atom. The largest absolute Gasteiger partial charge is 0.472 e. The summed E-state index contributed by atoms with van der Waals surface area (Å²) in [7, 11) is -9.92. The quantitative estimate of drug-likeness (QED) is 0.0222. The molecular formula is C83H162O17P2. The van der Waals surface area contributed by atoms with Gasteiger partial charge in [0.25, 0.3) is 0 Å². The first kappa shape index (κ1) is 100. The van der Waals surface area contributed by atoms with Crippen molar-refractivity contribution in [1.29, 1.82) is 0 Å². The second kappa shape index (κ2) is 72.0. The molecule has 0 heterocycles. The number of aliphatic hydroxyl groups excluding tert-OH is 1. The van der Waals surface area contributed by atoms with Gasteiger partial charge in [-0.05, 0) is 49.4 Å². The molecule has 0 saturated heterocycles. The smallest absolute Gasteiger partial charge is 0.462 e. The number of unbranched alkanes of at least 4 members (excludes halogenated alkanes) is 45. The number of phosphoric acid groups is 2. The molecule has 0 spiro atoms. The van der Waals surface area contributed by atoms with Gasteiger partial charge in [-0.3, -0.25) is 37.3 Å². The Balaban J connectivity index is 5.20. The second-order valence-electron chi connectivity index (χ2n) is 31.5. The highest BCUT2D eigenvalue weighted by Crippen LogP contribution is 2.45. The van der Waals surface area contributed by atoms with Crippen LogP contribution < -0.4 is 0 Å². The van der Waals surface area contributed by atoms with E-state index in [1.54, 1.807) is 0 Å². The zero-order chi connectivity index (χ0) is 75.3. The highest BCUT2D eigenvalue weighted by molar-refractivity contribution is 7.47. The van der Waals surface area contributed by atoms with Crippen molar-refractivity contribution in [2.24, 2.45) is 23.7 Å².